The molecule has 6 heteroatoms. The molecule has 0 unspecified atom stereocenters. The summed E-state index contributed by atoms with van der Waals surface area (Å²) in [6.45, 7) is 2.05. The lowest BCUT2D eigenvalue weighted by atomic mass is 10.1. The van der Waals surface area contributed by atoms with E-state index in [0.29, 0.717) is 39.2 Å². The maximum atomic E-state index is 11.6. The zero-order valence-corrected chi connectivity index (χ0v) is 14.3. The summed E-state index contributed by atoms with van der Waals surface area (Å²) < 4.78 is 5.72. The predicted molar refractivity (Wildman–Crippen MR) is 94.4 cm³/mol. The Hall–Kier alpha value is -2.30. The number of ether oxygens (including phenoxy) is 1. The van der Waals surface area contributed by atoms with Crippen LogP contribution in [0.25, 0.3) is 6.08 Å². The Morgan fingerprint density at radius 3 is 2.42 bits per heavy atom. The van der Waals surface area contributed by atoms with E-state index in [9.17, 15) is 4.79 Å². The molecular weight excluding hydrogens is 349 g/mol. The van der Waals surface area contributed by atoms with Crippen LogP contribution in [0.3, 0.4) is 0 Å². The number of hydrogen-bond donors (Lipinski definition) is 0. The van der Waals surface area contributed by atoms with E-state index in [2.05, 4.69) is 9.99 Å². The quantitative estimate of drug-likeness (QED) is 0.575. The Morgan fingerprint density at radius 1 is 1.17 bits per heavy atom. The molecule has 0 saturated heterocycles. The molecule has 0 aromatic heterocycles. The summed E-state index contributed by atoms with van der Waals surface area (Å²) in [5, 5.41) is 4.36. The Balaban J connectivity index is 1.83. The summed E-state index contributed by atoms with van der Waals surface area (Å²) in [6, 6.07) is 13.1. The van der Waals surface area contributed by atoms with Crippen molar-refractivity contribution in [1.82, 2.24) is 0 Å². The summed E-state index contributed by atoms with van der Waals surface area (Å²) in [6.07, 6.45) is 1.63. The number of benzene rings is 2. The highest BCUT2D eigenvalue weighted by molar-refractivity contribution is 6.37. The number of halogens is 2. The normalized spacial score (nSPS) is 15.4. The zero-order valence-electron chi connectivity index (χ0n) is 12.8. The largest absolute Gasteiger partial charge is 0.486 e. The van der Waals surface area contributed by atoms with E-state index >= 15 is 0 Å². The van der Waals surface area contributed by atoms with Gasteiger partial charge in [-0.15, -0.1) is 0 Å². The summed E-state index contributed by atoms with van der Waals surface area (Å²) >= 11 is 12.5. The average molecular weight is 362 g/mol. The van der Waals surface area contributed by atoms with Crippen molar-refractivity contribution < 1.29 is 14.4 Å². The third-order valence-electron chi connectivity index (χ3n) is 3.43. The van der Waals surface area contributed by atoms with Crippen LogP contribution in [0.15, 0.2) is 53.2 Å². The Kier molecular flexibility index (Phi) is 4.88. The number of rotatable bonds is 4. The SMILES string of the molecule is CC1=NOC(=O)/C1=C\c1cc(Cl)c(OCc2ccccc2)c(Cl)c1. The summed E-state index contributed by atoms with van der Waals surface area (Å²) in [5.41, 5.74) is 2.56. The number of nitrogens with zero attached hydrogens (tertiary/aromatic N) is 1. The molecule has 0 aliphatic carbocycles. The van der Waals surface area contributed by atoms with Crippen LogP contribution in [0.5, 0.6) is 5.75 Å². The molecule has 3 rings (SSSR count). The van der Waals surface area contributed by atoms with Crippen molar-refractivity contribution >= 4 is 41.0 Å². The number of oxime groups is 1. The molecular formula is C18H13Cl2NO3. The van der Waals surface area contributed by atoms with Gasteiger partial charge in [-0.3, -0.25) is 0 Å². The highest BCUT2D eigenvalue weighted by atomic mass is 35.5. The zero-order chi connectivity index (χ0) is 17.1. The standard InChI is InChI=1S/C18H13Cl2NO3/c1-11-14(18(22)24-21-11)7-13-8-15(19)17(16(20)9-13)23-10-12-5-3-2-4-6-12/h2-9H,10H2,1H3/b14-7-. The van der Waals surface area contributed by atoms with Gasteiger partial charge in [-0.2, -0.15) is 0 Å². The van der Waals surface area contributed by atoms with E-state index in [1.54, 1.807) is 25.1 Å². The first-order valence-corrected chi connectivity index (χ1v) is 7.94. The van der Waals surface area contributed by atoms with Crippen LogP contribution in [0, 0.1) is 0 Å². The van der Waals surface area contributed by atoms with Gasteiger partial charge in [-0.05, 0) is 36.3 Å². The second-order valence-electron chi connectivity index (χ2n) is 5.20. The molecule has 0 N–H and O–H groups in total. The molecule has 2 aromatic carbocycles. The molecule has 0 spiro atoms. The lowest BCUT2D eigenvalue weighted by molar-refractivity contribution is -0.136. The van der Waals surface area contributed by atoms with Gasteiger partial charge in [0, 0.05) is 0 Å². The van der Waals surface area contributed by atoms with E-state index in [-0.39, 0.29) is 0 Å². The van der Waals surface area contributed by atoms with Gasteiger partial charge in [0.1, 0.15) is 6.61 Å². The van der Waals surface area contributed by atoms with Gasteiger partial charge in [-0.1, -0.05) is 58.7 Å². The van der Waals surface area contributed by atoms with Gasteiger partial charge in [0.15, 0.2) is 5.75 Å². The Morgan fingerprint density at radius 2 is 1.83 bits per heavy atom. The summed E-state index contributed by atoms with van der Waals surface area (Å²) in [4.78, 5) is 16.2. The molecule has 1 aliphatic rings. The minimum absolute atomic E-state index is 0.360. The maximum Gasteiger partial charge on any atom is 0.367 e. The molecule has 1 aliphatic heterocycles. The number of hydrogen-bond acceptors (Lipinski definition) is 4. The molecule has 1 heterocycles. The van der Waals surface area contributed by atoms with E-state index in [1.165, 1.54) is 0 Å². The average Bonchev–Trinajstić information content (AvgIpc) is 2.87. The Labute approximate surface area is 149 Å². The van der Waals surface area contributed by atoms with E-state index < -0.39 is 5.97 Å². The molecule has 0 amide bonds. The van der Waals surface area contributed by atoms with Crippen LogP contribution in [0.4, 0.5) is 0 Å². The number of carbonyl (C=O) groups excluding carboxylic acids is 1. The molecule has 0 saturated carbocycles. The highest BCUT2D eigenvalue weighted by Crippen LogP contribution is 2.35. The third-order valence-corrected chi connectivity index (χ3v) is 3.99. The molecule has 4 nitrogen and oxygen atoms in total. The monoisotopic (exact) mass is 361 g/mol. The molecule has 0 atom stereocenters. The first-order chi connectivity index (χ1) is 11.5. The van der Waals surface area contributed by atoms with E-state index in [0.717, 1.165) is 5.56 Å². The van der Waals surface area contributed by atoms with Crippen molar-refractivity contribution in [2.75, 3.05) is 0 Å². The fourth-order valence-corrected chi connectivity index (χ4v) is 2.83. The molecule has 0 radical (unpaired) electrons. The van der Waals surface area contributed by atoms with Crippen molar-refractivity contribution in [2.24, 2.45) is 5.16 Å². The fraction of sp³-hybridized carbons (Fsp3) is 0.111. The van der Waals surface area contributed by atoms with Crippen LogP contribution in [0.1, 0.15) is 18.1 Å². The molecule has 0 bridgehead atoms. The van der Waals surface area contributed by atoms with E-state index in [4.69, 9.17) is 27.9 Å². The topological polar surface area (TPSA) is 47.9 Å². The first kappa shape index (κ1) is 16.6. The van der Waals surface area contributed by atoms with Crippen molar-refractivity contribution in [1.29, 1.82) is 0 Å². The van der Waals surface area contributed by atoms with Gasteiger partial charge in [0.2, 0.25) is 0 Å². The second kappa shape index (κ2) is 7.07. The van der Waals surface area contributed by atoms with Crippen LogP contribution in [-0.2, 0) is 16.2 Å². The van der Waals surface area contributed by atoms with Crippen LogP contribution in [-0.4, -0.2) is 11.7 Å². The molecule has 24 heavy (non-hydrogen) atoms. The van der Waals surface area contributed by atoms with Gasteiger partial charge in [0.25, 0.3) is 0 Å². The fourth-order valence-electron chi connectivity index (χ4n) is 2.22. The minimum atomic E-state index is -0.496. The van der Waals surface area contributed by atoms with Crippen molar-refractivity contribution in [3.8, 4) is 5.75 Å². The molecule has 2 aromatic rings. The van der Waals surface area contributed by atoms with Crippen molar-refractivity contribution in [3.63, 3.8) is 0 Å². The first-order valence-electron chi connectivity index (χ1n) is 7.18. The minimum Gasteiger partial charge on any atom is -0.486 e. The van der Waals surface area contributed by atoms with Gasteiger partial charge < -0.3 is 9.57 Å². The maximum absolute atomic E-state index is 11.6. The van der Waals surface area contributed by atoms with Crippen molar-refractivity contribution in [3.05, 3.63) is 69.2 Å². The lowest BCUT2D eigenvalue weighted by Crippen LogP contribution is -2.02. The number of carbonyl (C=O) groups is 1. The van der Waals surface area contributed by atoms with Crippen LogP contribution < -0.4 is 4.74 Å². The van der Waals surface area contributed by atoms with Crippen molar-refractivity contribution in [2.45, 2.75) is 13.5 Å². The van der Waals surface area contributed by atoms with Gasteiger partial charge >= 0.3 is 5.97 Å². The van der Waals surface area contributed by atoms with E-state index in [1.807, 2.05) is 30.3 Å². The highest BCUT2D eigenvalue weighted by Gasteiger charge is 2.22. The summed E-state index contributed by atoms with van der Waals surface area (Å²) in [5.74, 6) is -0.0899. The summed E-state index contributed by atoms with van der Waals surface area (Å²) in [7, 11) is 0. The van der Waals surface area contributed by atoms with Gasteiger partial charge in [-0.25, -0.2) is 4.79 Å². The molecule has 122 valence electrons. The third kappa shape index (κ3) is 3.61. The van der Waals surface area contributed by atoms with Crippen LogP contribution >= 0.6 is 23.2 Å². The lowest BCUT2D eigenvalue weighted by Gasteiger charge is -2.11. The van der Waals surface area contributed by atoms with Crippen LogP contribution in [0.2, 0.25) is 10.0 Å². The smallest absolute Gasteiger partial charge is 0.367 e. The predicted octanol–water partition coefficient (Wildman–Crippen LogP) is 4.89. The Bertz CT molecular complexity index is 822. The van der Waals surface area contributed by atoms with Gasteiger partial charge in [0.05, 0.1) is 21.3 Å². The molecule has 0 fully saturated rings. The second-order valence-corrected chi connectivity index (χ2v) is 6.02.